The molecule has 1 atom stereocenters. The third-order valence-corrected chi connectivity index (χ3v) is 4.89. The van der Waals surface area contributed by atoms with Crippen molar-refractivity contribution in [1.82, 2.24) is 10.6 Å². The third kappa shape index (κ3) is 5.03. The van der Waals surface area contributed by atoms with Gasteiger partial charge in [-0.05, 0) is 37.0 Å². The van der Waals surface area contributed by atoms with E-state index in [1.807, 2.05) is 26.0 Å². The van der Waals surface area contributed by atoms with Gasteiger partial charge in [0.15, 0.2) is 0 Å². The molecule has 0 aliphatic carbocycles. The fraction of sp³-hybridized carbons (Fsp3) is 0.500. The van der Waals surface area contributed by atoms with Crippen LogP contribution in [-0.2, 0) is 16.0 Å². The average molecular weight is 368 g/mol. The van der Waals surface area contributed by atoms with E-state index in [0.717, 1.165) is 18.4 Å². The minimum Gasteiger partial charge on any atom is -0.345 e. The van der Waals surface area contributed by atoms with Gasteiger partial charge in [-0.25, -0.2) is 0 Å². The van der Waals surface area contributed by atoms with E-state index >= 15 is 0 Å². The molecule has 1 aromatic carbocycles. The van der Waals surface area contributed by atoms with Crippen LogP contribution in [0.2, 0.25) is 0 Å². The number of benzene rings is 1. The normalized spacial score (nSPS) is 17.0. The van der Waals surface area contributed by atoms with Crippen LogP contribution in [0.3, 0.4) is 0 Å². The molecule has 0 bridgehead atoms. The summed E-state index contributed by atoms with van der Waals surface area (Å²) in [7, 11) is 0. The summed E-state index contributed by atoms with van der Waals surface area (Å²) in [5.74, 6) is -0.912. The Labute approximate surface area is 154 Å². The van der Waals surface area contributed by atoms with Gasteiger partial charge in [0.1, 0.15) is 0 Å². The Kier molecular flexibility index (Phi) is 7.58. The molecule has 0 aromatic heterocycles. The van der Waals surface area contributed by atoms with Crippen molar-refractivity contribution in [1.29, 1.82) is 0 Å². The molecular weight excluding hydrogens is 342 g/mol. The first-order chi connectivity index (χ1) is 11.4. The summed E-state index contributed by atoms with van der Waals surface area (Å²) >= 11 is 0. The van der Waals surface area contributed by atoms with Crippen molar-refractivity contribution in [2.24, 2.45) is 11.7 Å². The Morgan fingerprint density at radius 2 is 1.84 bits per heavy atom. The van der Waals surface area contributed by atoms with Gasteiger partial charge in [-0.15, -0.1) is 12.4 Å². The highest BCUT2D eigenvalue weighted by atomic mass is 35.5. The Morgan fingerprint density at radius 1 is 1.24 bits per heavy atom. The van der Waals surface area contributed by atoms with E-state index < -0.39 is 0 Å². The number of hydrogen-bond acceptors (Lipinski definition) is 4. The zero-order valence-corrected chi connectivity index (χ0v) is 15.4. The molecule has 1 heterocycles. The molecule has 6 nitrogen and oxygen atoms in total. The highest BCUT2D eigenvalue weighted by Crippen LogP contribution is 2.19. The largest absolute Gasteiger partial charge is 0.345 e. The molecule has 1 aromatic rings. The van der Waals surface area contributed by atoms with Gasteiger partial charge >= 0.3 is 0 Å². The topological polar surface area (TPSA) is 101 Å². The minimum absolute atomic E-state index is 0. The van der Waals surface area contributed by atoms with E-state index in [4.69, 9.17) is 5.73 Å². The van der Waals surface area contributed by atoms with Gasteiger partial charge in [0.25, 0.3) is 5.91 Å². The van der Waals surface area contributed by atoms with E-state index in [0.29, 0.717) is 18.5 Å². The van der Waals surface area contributed by atoms with E-state index in [2.05, 4.69) is 10.6 Å². The van der Waals surface area contributed by atoms with E-state index in [1.54, 1.807) is 12.1 Å². The number of imide groups is 1. The van der Waals surface area contributed by atoms with Crippen molar-refractivity contribution in [3.63, 3.8) is 0 Å². The van der Waals surface area contributed by atoms with Gasteiger partial charge in [-0.2, -0.15) is 0 Å². The predicted octanol–water partition coefficient (Wildman–Crippen LogP) is 1.56. The van der Waals surface area contributed by atoms with Crippen LogP contribution in [0.5, 0.6) is 0 Å². The van der Waals surface area contributed by atoms with Crippen molar-refractivity contribution in [2.75, 3.05) is 6.54 Å². The van der Waals surface area contributed by atoms with Crippen molar-refractivity contribution < 1.29 is 14.4 Å². The molecule has 7 heteroatoms. The fourth-order valence-corrected chi connectivity index (χ4v) is 2.93. The zero-order chi connectivity index (χ0) is 17.7. The maximum Gasteiger partial charge on any atom is 0.251 e. The average Bonchev–Trinajstić information content (AvgIpc) is 2.90. The summed E-state index contributed by atoms with van der Waals surface area (Å²) < 4.78 is 0. The van der Waals surface area contributed by atoms with Crippen LogP contribution in [0.1, 0.15) is 49.0 Å². The summed E-state index contributed by atoms with van der Waals surface area (Å²) in [6.45, 7) is 4.41. The smallest absolute Gasteiger partial charge is 0.251 e. The van der Waals surface area contributed by atoms with Crippen LogP contribution in [-0.4, -0.2) is 29.8 Å². The van der Waals surface area contributed by atoms with Crippen molar-refractivity contribution >= 4 is 30.1 Å². The number of halogens is 1. The summed E-state index contributed by atoms with van der Waals surface area (Å²) in [6, 6.07) is 7.14. The molecule has 3 amide bonds. The monoisotopic (exact) mass is 367 g/mol. The lowest BCUT2D eigenvalue weighted by Gasteiger charge is -2.31. The lowest BCUT2D eigenvalue weighted by Crippen LogP contribution is -2.52. The Balaban J connectivity index is 0.00000312. The number of rotatable bonds is 7. The van der Waals surface area contributed by atoms with Crippen LogP contribution in [0, 0.1) is 5.92 Å². The first-order valence-corrected chi connectivity index (χ1v) is 8.38. The molecule has 138 valence electrons. The molecule has 1 aliphatic rings. The molecule has 0 saturated carbocycles. The highest BCUT2D eigenvalue weighted by molar-refractivity contribution is 6.03. The van der Waals surface area contributed by atoms with Crippen LogP contribution >= 0.6 is 12.4 Å². The lowest BCUT2D eigenvalue weighted by atomic mass is 9.92. The number of amides is 3. The standard InChI is InChI=1S/C18H25N3O3.ClH/c1-3-18(4-2,11-19)21-17(24)13-7-5-12(6-8-13)9-14-10-15(22)20-16(14)23;/h5-8,14H,3-4,9-11,19H2,1-2H3,(H,21,24)(H,20,22,23);1H. The predicted molar refractivity (Wildman–Crippen MR) is 98.5 cm³/mol. The summed E-state index contributed by atoms with van der Waals surface area (Å²) in [5.41, 5.74) is 6.93. The van der Waals surface area contributed by atoms with Crippen LogP contribution in [0.15, 0.2) is 24.3 Å². The molecule has 0 spiro atoms. The quantitative estimate of drug-likeness (QED) is 0.636. The van der Waals surface area contributed by atoms with Gasteiger partial charge in [-0.3, -0.25) is 19.7 Å². The lowest BCUT2D eigenvalue weighted by molar-refractivity contribution is -0.125. The molecule has 4 N–H and O–H groups in total. The summed E-state index contributed by atoms with van der Waals surface area (Å²) in [5, 5.41) is 5.34. The second kappa shape index (κ2) is 8.97. The Morgan fingerprint density at radius 3 is 2.28 bits per heavy atom. The number of carbonyl (C=O) groups is 3. The maximum atomic E-state index is 12.4. The van der Waals surface area contributed by atoms with Gasteiger partial charge in [0.2, 0.25) is 11.8 Å². The second-order valence-electron chi connectivity index (χ2n) is 6.36. The molecule has 1 fully saturated rings. The molecule has 1 aliphatic heterocycles. The Bertz CT molecular complexity index is 619. The zero-order valence-electron chi connectivity index (χ0n) is 14.6. The molecular formula is C18H26ClN3O3. The SMILES string of the molecule is CCC(CC)(CN)NC(=O)c1ccc(CC2CC(=O)NC2=O)cc1.Cl. The first-order valence-electron chi connectivity index (χ1n) is 8.38. The molecule has 25 heavy (non-hydrogen) atoms. The molecule has 1 saturated heterocycles. The third-order valence-electron chi connectivity index (χ3n) is 4.89. The first kappa shape index (κ1) is 21.1. The van der Waals surface area contributed by atoms with Gasteiger partial charge in [-0.1, -0.05) is 26.0 Å². The van der Waals surface area contributed by atoms with Crippen molar-refractivity contribution in [3.8, 4) is 0 Å². The Hall–Kier alpha value is -1.92. The van der Waals surface area contributed by atoms with Gasteiger partial charge < -0.3 is 11.1 Å². The molecule has 2 rings (SSSR count). The number of nitrogens with two attached hydrogens (primary N) is 1. The maximum absolute atomic E-state index is 12.4. The van der Waals surface area contributed by atoms with Crippen molar-refractivity contribution in [2.45, 2.75) is 45.1 Å². The van der Waals surface area contributed by atoms with Gasteiger partial charge in [0, 0.05) is 18.5 Å². The second-order valence-corrected chi connectivity index (χ2v) is 6.36. The van der Waals surface area contributed by atoms with Gasteiger partial charge in [0.05, 0.1) is 11.5 Å². The molecule has 1 unspecified atom stereocenters. The van der Waals surface area contributed by atoms with Crippen molar-refractivity contribution in [3.05, 3.63) is 35.4 Å². The van der Waals surface area contributed by atoms with Crippen LogP contribution in [0.25, 0.3) is 0 Å². The number of nitrogens with one attached hydrogen (secondary N) is 2. The molecule has 0 radical (unpaired) electrons. The summed E-state index contributed by atoms with van der Waals surface area (Å²) in [4.78, 5) is 35.2. The summed E-state index contributed by atoms with van der Waals surface area (Å²) in [6.07, 6.45) is 2.27. The van der Waals surface area contributed by atoms with Crippen LogP contribution < -0.4 is 16.4 Å². The van der Waals surface area contributed by atoms with E-state index in [9.17, 15) is 14.4 Å². The number of hydrogen-bond donors (Lipinski definition) is 3. The van der Waals surface area contributed by atoms with E-state index in [-0.39, 0.29) is 48.0 Å². The fourth-order valence-electron chi connectivity index (χ4n) is 2.93. The number of carbonyl (C=O) groups excluding carboxylic acids is 3. The highest BCUT2D eigenvalue weighted by Gasteiger charge is 2.30. The van der Waals surface area contributed by atoms with Crippen LogP contribution in [0.4, 0.5) is 0 Å². The van der Waals surface area contributed by atoms with E-state index in [1.165, 1.54) is 0 Å². The minimum atomic E-state index is -0.377.